The lowest BCUT2D eigenvalue weighted by molar-refractivity contribution is -0.236. The van der Waals surface area contributed by atoms with Crippen molar-refractivity contribution in [3.05, 3.63) is 24.7 Å². The minimum atomic E-state index is -5.21. The molecule has 0 spiro atoms. The molecule has 10 atom stereocenters. The van der Waals surface area contributed by atoms with Crippen molar-refractivity contribution < 1.29 is 66.6 Å². The topological polar surface area (TPSA) is 223 Å². The standard InChI is InChI=1S/C17H28N2O14P2/c1-8-6-10(20)13(22)17(30-8)32-35(27,28-3)33-34(25,26)29-7-11-14(23)15(24)16(31-11)19-5-4-12(21)18-9(19)2/h4-5,8,10-11,13-17,20,22-24H,2,6-7H2,1,3H3,(H,18,21)(H,25,26)/t8?,10-,11+,13?,14?,15-,16+,17+,35?/m0/s1. The zero-order valence-electron chi connectivity index (χ0n) is 18.6. The Labute approximate surface area is 199 Å². The maximum absolute atomic E-state index is 12.7. The van der Waals surface area contributed by atoms with Gasteiger partial charge in [-0.1, -0.05) is 6.58 Å². The van der Waals surface area contributed by atoms with Crippen LogP contribution in [0, 0.1) is 0 Å². The number of phosphoric ester groups is 2. The number of ether oxygens (including phenoxy) is 2. The fourth-order valence-corrected chi connectivity index (χ4v) is 5.95. The van der Waals surface area contributed by atoms with Crippen molar-refractivity contribution in [1.29, 1.82) is 0 Å². The number of nitrogens with one attached hydrogen (secondary N) is 1. The number of carbonyl (C=O) groups is 1. The summed E-state index contributed by atoms with van der Waals surface area (Å²) >= 11 is 0. The van der Waals surface area contributed by atoms with Crippen molar-refractivity contribution >= 4 is 21.6 Å². The van der Waals surface area contributed by atoms with Gasteiger partial charge in [0.15, 0.2) is 12.5 Å². The first-order chi connectivity index (χ1) is 16.2. The first-order valence-electron chi connectivity index (χ1n) is 10.3. The van der Waals surface area contributed by atoms with Gasteiger partial charge in [0.05, 0.1) is 18.8 Å². The van der Waals surface area contributed by atoms with E-state index in [1.807, 2.05) is 0 Å². The number of aliphatic hydroxyl groups excluding tert-OH is 4. The van der Waals surface area contributed by atoms with Crippen molar-refractivity contribution in [1.82, 2.24) is 10.2 Å². The number of nitrogens with zero attached hydrogens (tertiary/aromatic N) is 1. The van der Waals surface area contributed by atoms with E-state index in [2.05, 4.69) is 20.7 Å². The zero-order valence-corrected chi connectivity index (χ0v) is 20.4. The molecule has 0 radical (unpaired) electrons. The Morgan fingerprint density at radius 1 is 1.20 bits per heavy atom. The molecule has 16 nitrogen and oxygen atoms in total. The first-order valence-corrected chi connectivity index (χ1v) is 13.2. The van der Waals surface area contributed by atoms with Gasteiger partial charge in [-0.3, -0.25) is 18.4 Å². The maximum Gasteiger partial charge on any atom is 0.485 e. The molecular formula is C17H28N2O14P2. The second-order valence-corrected chi connectivity index (χ2v) is 11.2. The molecule has 18 heteroatoms. The van der Waals surface area contributed by atoms with E-state index in [1.165, 1.54) is 11.1 Å². The molecule has 1 amide bonds. The van der Waals surface area contributed by atoms with Crippen LogP contribution in [0.25, 0.3) is 0 Å². The smallest absolute Gasteiger partial charge is 0.390 e. The molecule has 0 bridgehead atoms. The monoisotopic (exact) mass is 546 g/mol. The van der Waals surface area contributed by atoms with Gasteiger partial charge >= 0.3 is 15.6 Å². The van der Waals surface area contributed by atoms with Crippen molar-refractivity contribution in [3.63, 3.8) is 0 Å². The Bertz CT molecular complexity index is 932. The number of phosphoric acid groups is 2. The zero-order chi connectivity index (χ0) is 26.1. The molecule has 3 aliphatic heterocycles. The summed E-state index contributed by atoms with van der Waals surface area (Å²) in [6.45, 7) is 4.33. The summed E-state index contributed by atoms with van der Waals surface area (Å²) in [6.07, 6.45) is -8.53. The fourth-order valence-electron chi connectivity index (χ4n) is 3.48. The van der Waals surface area contributed by atoms with Crippen LogP contribution in [0.5, 0.6) is 0 Å². The number of carbonyl (C=O) groups excluding carboxylic acids is 1. The highest BCUT2D eigenvalue weighted by Gasteiger charge is 2.49. The number of rotatable bonds is 9. The number of aliphatic hydroxyl groups is 4. The van der Waals surface area contributed by atoms with Crippen LogP contribution < -0.4 is 5.32 Å². The van der Waals surface area contributed by atoms with Gasteiger partial charge in [-0.05, 0) is 6.92 Å². The van der Waals surface area contributed by atoms with Gasteiger partial charge in [0, 0.05) is 25.8 Å². The molecule has 0 aliphatic carbocycles. The minimum Gasteiger partial charge on any atom is -0.390 e. The van der Waals surface area contributed by atoms with E-state index in [-0.39, 0.29) is 12.2 Å². The van der Waals surface area contributed by atoms with Crippen LogP contribution in [-0.4, -0.2) is 99.0 Å². The van der Waals surface area contributed by atoms with Gasteiger partial charge in [-0.25, -0.2) is 9.13 Å². The predicted octanol–water partition coefficient (Wildman–Crippen LogP) is -1.39. The van der Waals surface area contributed by atoms with Gasteiger partial charge in [0.2, 0.25) is 0 Å². The van der Waals surface area contributed by atoms with Crippen molar-refractivity contribution in [2.75, 3.05) is 13.7 Å². The molecule has 2 saturated heterocycles. The molecule has 200 valence electrons. The van der Waals surface area contributed by atoms with E-state index in [1.54, 1.807) is 6.92 Å². The van der Waals surface area contributed by atoms with Crippen LogP contribution in [0.4, 0.5) is 0 Å². The second-order valence-electron chi connectivity index (χ2n) is 7.90. The molecule has 0 aromatic carbocycles. The van der Waals surface area contributed by atoms with Crippen molar-refractivity contribution in [2.24, 2.45) is 0 Å². The van der Waals surface area contributed by atoms with Crippen LogP contribution in [0.1, 0.15) is 13.3 Å². The molecule has 6 N–H and O–H groups in total. The van der Waals surface area contributed by atoms with Gasteiger partial charge in [-0.15, -0.1) is 0 Å². The lowest BCUT2D eigenvalue weighted by Gasteiger charge is -2.36. The second kappa shape index (κ2) is 11.0. The molecule has 5 unspecified atom stereocenters. The van der Waals surface area contributed by atoms with Gasteiger partial charge in [0.1, 0.15) is 30.2 Å². The van der Waals surface area contributed by atoms with E-state index in [4.69, 9.17) is 18.5 Å². The van der Waals surface area contributed by atoms with Gasteiger partial charge < -0.3 is 45.0 Å². The lowest BCUT2D eigenvalue weighted by atomic mass is 10.0. The van der Waals surface area contributed by atoms with E-state index >= 15 is 0 Å². The number of hydrogen-bond donors (Lipinski definition) is 6. The van der Waals surface area contributed by atoms with Crippen molar-refractivity contribution in [2.45, 2.75) is 62.5 Å². The highest BCUT2D eigenvalue weighted by atomic mass is 31.3. The third kappa shape index (κ3) is 6.76. The molecule has 0 aromatic rings. The summed E-state index contributed by atoms with van der Waals surface area (Å²) in [5.74, 6) is -0.409. The SMILES string of the molecule is C=C1NC(=O)C=CN1[C@@H]1O[C@H](COP(=O)(O)OP(=O)(OC)O[C@H]2OC(C)C[C@H](O)C2O)C(O)[C@@H]1O. The Balaban J connectivity index is 1.60. The fraction of sp³-hybridized carbons (Fsp3) is 0.706. The summed E-state index contributed by atoms with van der Waals surface area (Å²) in [5, 5.41) is 42.7. The first kappa shape index (κ1) is 28.3. The third-order valence-corrected chi connectivity index (χ3v) is 8.27. The summed E-state index contributed by atoms with van der Waals surface area (Å²) in [7, 11) is -9.25. The van der Waals surface area contributed by atoms with E-state index in [9.17, 15) is 39.2 Å². The van der Waals surface area contributed by atoms with E-state index in [0.717, 1.165) is 13.2 Å². The normalized spacial score (nSPS) is 39.2. The minimum absolute atomic E-state index is 0.0521. The highest BCUT2D eigenvalue weighted by molar-refractivity contribution is 7.61. The third-order valence-electron chi connectivity index (χ3n) is 5.25. The quantitative estimate of drug-likeness (QED) is 0.183. The Morgan fingerprint density at radius 2 is 1.89 bits per heavy atom. The lowest BCUT2D eigenvalue weighted by Crippen LogP contribution is -2.48. The molecule has 3 rings (SSSR count). The average Bonchev–Trinajstić information content (AvgIpc) is 3.04. The summed E-state index contributed by atoms with van der Waals surface area (Å²) < 4.78 is 54.6. The Morgan fingerprint density at radius 3 is 2.51 bits per heavy atom. The maximum atomic E-state index is 12.7. The van der Waals surface area contributed by atoms with Gasteiger partial charge in [0.25, 0.3) is 5.91 Å². The van der Waals surface area contributed by atoms with Crippen LogP contribution in [0.2, 0.25) is 0 Å². The Hall–Kier alpha value is -1.23. The molecular weight excluding hydrogens is 518 g/mol. The molecule has 35 heavy (non-hydrogen) atoms. The molecule has 3 aliphatic rings. The van der Waals surface area contributed by atoms with Crippen molar-refractivity contribution in [3.8, 4) is 0 Å². The van der Waals surface area contributed by atoms with E-state index in [0.29, 0.717) is 0 Å². The molecule has 0 aromatic heterocycles. The average molecular weight is 546 g/mol. The highest BCUT2D eigenvalue weighted by Crippen LogP contribution is 2.64. The molecule has 2 fully saturated rings. The summed E-state index contributed by atoms with van der Waals surface area (Å²) in [6, 6.07) is 0. The van der Waals surface area contributed by atoms with E-state index < -0.39 is 77.3 Å². The van der Waals surface area contributed by atoms with Crippen LogP contribution >= 0.6 is 15.6 Å². The van der Waals surface area contributed by atoms with Crippen LogP contribution in [-0.2, 0) is 41.3 Å². The number of amides is 1. The summed E-state index contributed by atoms with van der Waals surface area (Å²) in [4.78, 5) is 22.6. The Kier molecular flexibility index (Phi) is 8.93. The number of hydrogen-bond acceptors (Lipinski definition) is 14. The molecule has 0 saturated carbocycles. The van der Waals surface area contributed by atoms with Crippen LogP contribution in [0.15, 0.2) is 24.7 Å². The van der Waals surface area contributed by atoms with Crippen LogP contribution in [0.3, 0.4) is 0 Å². The largest absolute Gasteiger partial charge is 0.485 e. The molecule has 3 heterocycles. The van der Waals surface area contributed by atoms with Gasteiger partial charge in [-0.2, -0.15) is 4.31 Å². The predicted molar refractivity (Wildman–Crippen MR) is 112 cm³/mol. The summed E-state index contributed by atoms with van der Waals surface area (Å²) in [5.41, 5.74) is 0.